The number of aryl methyl sites for hydroxylation is 2. The second kappa shape index (κ2) is 5.01. The van der Waals surface area contributed by atoms with Gasteiger partial charge in [0, 0.05) is 5.56 Å². The number of hydrogen-bond acceptors (Lipinski definition) is 4. The van der Waals surface area contributed by atoms with E-state index in [4.69, 9.17) is 0 Å². The van der Waals surface area contributed by atoms with Crippen LogP contribution in [0, 0.1) is 13.8 Å². The predicted molar refractivity (Wildman–Crippen MR) is 62.2 cm³/mol. The molecule has 0 aliphatic rings. The Morgan fingerprint density at radius 3 is 2.21 bits per heavy atom. The first kappa shape index (κ1) is 15.8. The van der Waals surface area contributed by atoms with E-state index in [1.807, 2.05) is 0 Å². The topological polar surface area (TPSA) is 63.6 Å². The summed E-state index contributed by atoms with van der Waals surface area (Å²) in [6.07, 6.45) is -1.16. The van der Waals surface area contributed by atoms with Crippen LogP contribution in [0.25, 0.3) is 0 Å². The van der Waals surface area contributed by atoms with Crippen molar-refractivity contribution in [1.82, 2.24) is 0 Å². The molecule has 1 aromatic carbocycles. The second-order valence-electron chi connectivity index (χ2n) is 4.16. The third-order valence-corrected chi connectivity index (χ3v) is 3.33. The molecule has 0 spiro atoms. The predicted octanol–water partition coefficient (Wildman–Crippen LogP) is 2.59. The van der Waals surface area contributed by atoms with Crippen LogP contribution in [0.5, 0.6) is 5.75 Å². The van der Waals surface area contributed by atoms with Crippen molar-refractivity contribution in [2.75, 3.05) is 0 Å². The summed E-state index contributed by atoms with van der Waals surface area (Å²) in [6.45, 7) is 4.38. The van der Waals surface area contributed by atoms with Gasteiger partial charge in [0.15, 0.2) is 5.75 Å². The standard InChI is InChI=1S/C11H13F3O4S/c1-6-4-7(2)10(9(5-6)8(3)15)18-19(16,17)11(12,13)14/h4-5,8,15H,1-3H3. The smallest absolute Gasteiger partial charge is 0.389 e. The summed E-state index contributed by atoms with van der Waals surface area (Å²) in [5.41, 5.74) is -4.65. The molecule has 1 N–H and O–H groups in total. The molecule has 4 nitrogen and oxygen atoms in total. The first-order valence-electron chi connectivity index (χ1n) is 5.25. The molecule has 108 valence electrons. The minimum atomic E-state index is -5.75. The maximum atomic E-state index is 12.3. The minimum absolute atomic E-state index is 0.00896. The Kier molecular flexibility index (Phi) is 4.16. The number of hydrogen-bond donors (Lipinski definition) is 1. The Labute approximate surface area is 108 Å². The Bertz CT molecular complexity index is 576. The van der Waals surface area contributed by atoms with Gasteiger partial charge in [-0.2, -0.15) is 21.6 Å². The van der Waals surface area contributed by atoms with Gasteiger partial charge in [0.1, 0.15) is 0 Å². The van der Waals surface area contributed by atoms with Crippen molar-refractivity contribution in [2.24, 2.45) is 0 Å². The highest BCUT2D eigenvalue weighted by molar-refractivity contribution is 7.88. The van der Waals surface area contributed by atoms with E-state index in [-0.39, 0.29) is 11.1 Å². The zero-order chi connectivity index (χ0) is 15.0. The summed E-state index contributed by atoms with van der Waals surface area (Å²) >= 11 is 0. The largest absolute Gasteiger partial charge is 0.534 e. The van der Waals surface area contributed by atoms with E-state index in [0.29, 0.717) is 5.56 Å². The highest BCUT2D eigenvalue weighted by Gasteiger charge is 2.49. The van der Waals surface area contributed by atoms with Crippen molar-refractivity contribution in [3.63, 3.8) is 0 Å². The molecule has 8 heteroatoms. The molecule has 0 aromatic heterocycles. The Hall–Kier alpha value is -1.28. The fourth-order valence-electron chi connectivity index (χ4n) is 1.57. The van der Waals surface area contributed by atoms with Crippen molar-refractivity contribution in [2.45, 2.75) is 32.4 Å². The van der Waals surface area contributed by atoms with Crippen LogP contribution in [0.15, 0.2) is 12.1 Å². The summed E-state index contributed by atoms with van der Waals surface area (Å²) in [7, 11) is -5.75. The molecule has 0 radical (unpaired) electrons. The lowest BCUT2D eigenvalue weighted by Crippen LogP contribution is -2.28. The lowest BCUT2D eigenvalue weighted by atomic mass is 10.0. The maximum absolute atomic E-state index is 12.3. The first-order valence-corrected chi connectivity index (χ1v) is 6.66. The van der Waals surface area contributed by atoms with Gasteiger partial charge >= 0.3 is 15.6 Å². The number of rotatable bonds is 3. The number of alkyl halides is 3. The zero-order valence-corrected chi connectivity index (χ0v) is 11.3. The van der Waals surface area contributed by atoms with Gasteiger partial charge in [0.25, 0.3) is 0 Å². The van der Waals surface area contributed by atoms with Crippen LogP contribution in [-0.2, 0) is 10.1 Å². The highest BCUT2D eigenvalue weighted by atomic mass is 32.2. The van der Waals surface area contributed by atoms with E-state index >= 15 is 0 Å². The molecule has 0 aliphatic carbocycles. The molecule has 0 amide bonds. The number of halogens is 3. The van der Waals surface area contributed by atoms with E-state index in [9.17, 15) is 26.7 Å². The van der Waals surface area contributed by atoms with Crippen molar-refractivity contribution >= 4 is 10.1 Å². The van der Waals surface area contributed by atoms with Gasteiger partial charge in [0.2, 0.25) is 0 Å². The van der Waals surface area contributed by atoms with Gasteiger partial charge < -0.3 is 9.29 Å². The molecule has 0 aliphatic heterocycles. The van der Waals surface area contributed by atoms with Gasteiger partial charge in [0.05, 0.1) is 6.10 Å². The summed E-state index contributed by atoms with van der Waals surface area (Å²) in [5.74, 6) is -0.488. The lowest BCUT2D eigenvalue weighted by Gasteiger charge is -2.17. The van der Waals surface area contributed by atoms with Gasteiger partial charge in [-0.1, -0.05) is 11.6 Å². The van der Waals surface area contributed by atoms with E-state index in [1.165, 1.54) is 26.0 Å². The molecule has 0 fully saturated rings. The number of aliphatic hydroxyl groups is 1. The summed E-state index contributed by atoms with van der Waals surface area (Å²) in [5, 5.41) is 9.50. The van der Waals surface area contributed by atoms with Crippen molar-refractivity contribution in [1.29, 1.82) is 0 Å². The van der Waals surface area contributed by atoms with E-state index < -0.39 is 27.5 Å². The quantitative estimate of drug-likeness (QED) is 0.688. The van der Waals surface area contributed by atoms with Crippen LogP contribution < -0.4 is 4.18 Å². The molecule has 0 saturated carbocycles. The van der Waals surface area contributed by atoms with Crippen molar-refractivity contribution in [3.05, 3.63) is 28.8 Å². The first-order chi connectivity index (χ1) is 8.45. The van der Waals surface area contributed by atoms with Crippen molar-refractivity contribution in [3.8, 4) is 5.75 Å². The second-order valence-corrected chi connectivity index (χ2v) is 5.70. The maximum Gasteiger partial charge on any atom is 0.534 e. The zero-order valence-electron chi connectivity index (χ0n) is 10.4. The Balaban J connectivity index is 3.37. The molecule has 1 aromatic rings. The van der Waals surface area contributed by atoms with E-state index in [0.717, 1.165) is 0 Å². The van der Waals surface area contributed by atoms with E-state index in [2.05, 4.69) is 4.18 Å². The molecule has 0 heterocycles. The molecule has 1 rings (SSSR count). The van der Waals surface area contributed by atoms with Crippen molar-refractivity contribution < 1.29 is 30.9 Å². The number of aliphatic hydroxyl groups excluding tert-OH is 1. The van der Waals surface area contributed by atoms with E-state index in [1.54, 1.807) is 6.92 Å². The number of benzene rings is 1. The third kappa shape index (κ3) is 3.38. The normalized spacial score (nSPS) is 14.3. The Morgan fingerprint density at radius 1 is 1.26 bits per heavy atom. The van der Waals surface area contributed by atoms with Crippen LogP contribution in [0.3, 0.4) is 0 Å². The summed E-state index contributed by atoms with van der Waals surface area (Å²) in [6, 6.07) is 2.84. The molecular formula is C11H13F3O4S. The van der Waals surface area contributed by atoms with Crippen LogP contribution in [0.1, 0.15) is 29.7 Å². The fourth-order valence-corrected chi connectivity index (χ4v) is 2.11. The molecule has 0 bridgehead atoms. The SMILES string of the molecule is Cc1cc(C)c(OS(=O)(=O)C(F)(F)F)c(C(C)O)c1. The van der Waals surface area contributed by atoms with Crippen LogP contribution in [0.2, 0.25) is 0 Å². The van der Waals surface area contributed by atoms with Crippen LogP contribution in [-0.4, -0.2) is 19.0 Å². The fraction of sp³-hybridized carbons (Fsp3) is 0.455. The molecule has 1 unspecified atom stereocenters. The van der Waals surface area contributed by atoms with Crippen LogP contribution in [0.4, 0.5) is 13.2 Å². The summed E-state index contributed by atoms with van der Waals surface area (Å²) < 4.78 is 63.0. The lowest BCUT2D eigenvalue weighted by molar-refractivity contribution is -0.0501. The monoisotopic (exact) mass is 298 g/mol. The average Bonchev–Trinajstić information content (AvgIpc) is 2.19. The molecule has 1 atom stereocenters. The minimum Gasteiger partial charge on any atom is -0.389 e. The molecule has 19 heavy (non-hydrogen) atoms. The Morgan fingerprint density at radius 2 is 1.79 bits per heavy atom. The van der Waals surface area contributed by atoms with Gasteiger partial charge in [-0.25, -0.2) is 0 Å². The molecule has 0 saturated heterocycles. The van der Waals surface area contributed by atoms with Crippen LogP contribution >= 0.6 is 0 Å². The third-order valence-electron chi connectivity index (χ3n) is 2.37. The van der Waals surface area contributed by atoms with Gasteiger partial charge in [-0.15, -0.1) is 0 Å². The molecular weight excluding hydrogens is 285 g/mol. The summed E-state index contributed by atoms with van der Waals surface area (Å²) in [4.78, 5) is 0. The highest BCUT2D eigenvalue weighted by Crippen LogP contribution is 2.34. The average molecular weight is 298 g/mol. The van der Waals surface area contributed by atoms with Gasteiger partial charge in [-0.05, 0) is 32.4 Å². The van der Waals surface area contributed by atoms with Gasteiger partial charge in [-0.3, -0.25) is 0 Å².